The van der Waals surface area contributed by atoms with Crippen LogP contribution in [-0.4, -0.2) is 71.0 Å². The van der Waals surface area contributed by atoms with Crippen molar-refractivity contribution in [2.45, 2.75) is 6.18 Å². The highest BCUT2D eigenvalue weighted by Gasteiger charge is 2.29. The Labute approximate surface area is 229 Å². The lowest BCUT2D eigenvalue weighted by Gasteiger charge is -2.20. The van der Waals surface area contributed by atoms with Crippen molar-refractivity contribution in [3.8, 4) is 16.9 Å². The summed E-state index contributed by atoms with van der Waals surface area (Å²) in [5.74, 6) is -3.01. The number of nitrogens with one attached hydrogen (secondary N) is 1. The molecule has 0 aliphatic carbocycles. The zero-order valence-corrected chi connectivity index (χ0v) is 21.4. The molecule has 1 heterocycles. The molecule has 1 aromatic heterocycles. The number of ether oxygens (including phenoxy) is 1. The molecule has 0 saturated carbocycles. The number of aliphatic hydroxyl groups excluding tert-OH is 2. The van der Waals surface area contributed by atoms with Crippen LogP contribution in [0.4, 0.5) is 23.2 Å². The molecular weight excluding hydrogens is 569 g/mol. The lowest BCUT2D eigenvalue weighted by Crippen LogP contribution is -2.36. The molecule has 0 spiro atoms. The minimum absolute atomic E-state index is 0.0408. The smallest absolute Gasteiger partial charge is 0.422 e. The summed E-state index contributed by atoms with van der Waals surface area (Å²) in [7, 11) is 0. The average molecular weight is 590 g/mol. The summed E-state index contributed by atoms with van der Waals surface area (Å²) in [5.41, 5.74) is -0.451. The van der Waals surface area contributed by atoms with Crippen molar-refractivity contribution < 1.29 is 42.1 Å². The molecule has 0 radical (unpaired) electrons. The third-order valence-corrected chi connectivity index (χ3v) is 5.84. The zero-order valence-electron chi connectivity index (χ0n) is 19.9. The highest BCUT2D eigenvalue weighted by Crippen LogP contribution is 2.36. The molecule has 0 fully saturated rings. The van der Waals surface area contributed by atoms with Gasteiger partial charge in [-0.15, -0.1) is 0 Å². The number of halogens is 6. The number of benzene rings is 2. The van der Waals surface area contributed by atoms with E-state index >= 15 is 0 Å². The molecule has 2 amide bonds. The van der Waals surface area contributed by atoms with Gasteiger partial charge in [-0.25, -0.2) is 9.37 Å². The number of amides is 2. The molecule has 39 heavy (non-hydrogen) atoms. The number of hydrogen-bond acceptors (Lipinski definition) is 6. The number of aliphatic hydroxyl groups is 2. The minimum atomic E-state index is -4.72. The molecule has 8 nitrogen and oxygen atoms in total. The van der Waals surface area contributed by atoms with Crippen LogP contribution in [0, 0.1) is 5.82 Å². The number of hydrogen-bond donors (Lipinski definition) is 3. The number of rotatable bonds is 10. The van der Waals surface area contributed by atoms with Crippen molar-refractivity contribution in [1.82, 2.24) is 9.88 Å². The van der Waals surface area contributed by atoms with Gasteiger partial charge in [0.25, 0.3) is 11.8 Å². The number of alkyl halides is 3. The van der Waals surface area contributed by atoms with Gasteiger partial charge in [0.2, 0.25) is 0 Å². The van der Waals surface area contributed by atoms with E-state index in [1.807, 2.05) is 0 Å². The maximum Gasteiger partial charge on any atom is 0.422 e. The average Bonchev–Trinajstić information content (AvgIpc) is 2.87. The van der Waals surface area contributed by atoms with E-state index in [4.69, 9.17) is 27.9 Å². The zero-order chi connectivity index (χ0) is 28.7. The monoisotopic (exact) mass is 589 g/mol. The number of aromatic nitrogens is 1. The summed E-state index contributed by atoms with van der Waals surface area (Å²) in [6.07, 6.45) is -3.56. The molecule has 0 atom stereocenters. The van der Waals surface area contributed by atoms with Crippen LogP contribution in [0.5, 0.6) is 5.75 Å². The SMILES string of the molecule is O=C(Nc1ccc(-c2cc(C(=O)N(CCO)CCO)ncc2Cl)cc1OCC(F)(F)F)c1c(F)cccc1Cl. The second kappa shape index (κ2) is 13.1. The Bertz CT molecular complexity index is 1330. The molecule has 208 valence electrons. The van der Waals surface area contributed by atoms with Crippen LogP contribution >= 0.6 is 23.2 Å². The molecule has 0 bridgehead atoms. The Kier molecular flexibility index (Phi) is 10.1. The Balaban J connectivity index is 2.01. The fourth-order valence-corrected chi connectivity index (χ4v) is 3.93. The number of carbonyl (C=O) groups excluding carboxylic acids is 2. The molecule has 3 N–H and O–H groups in total. The van der Waals surface area contributed by atoms with Crippen LogP contribution in [0.3, 0.4) is 0 Å². The van der Waals surface area contributed by atoms with Gasteiger partial charge in [0.15, 0.2) is 6.61 Å². The highest BCUT2D eigenvalue weighted by atomic mass is 35.5. The van der Waals surface area contributed by atoms with Gasteiger partial charge < -0.3 is 25.2 Å². The number of pyridine rings is 1. The van der Waals surface area contributed by atoms with Gasteiger partial charge in [-0.3, -0.25) is 9.59 Å². The molecule has 0 aliphatic heterocycles. The predicted octanol–water partition coefficient (Wildman–Crippen LogP) is 4.81. The van der Waals surface area contributed by atoms with Gasteiger partial charge in [0.05, 0.1) is 34.5 Å². The van der Waals surface area contributed by atoms with Crippen LogP contribution in [0.2, 0.25) is 10.0 Å². The molecule has 3 aromatic rings. The van der Waals surface area contributed by atoms with Crippen LogP contribution < -0.4 is 10.1 Å². The number of nitrogens with zero attached hydrogens (tertiary/aromatic N) is 2. The Morgan fingerprint density at radius 1 is 1.03 bits per heavy atom. The molecule has 14 heteroatoms. The summed E-state index contributed by atoms with van der Waals surface area (Å²) in [6, 6.07) is 8.59. The van der Waals surface area contributed by atoms with E-state index in [1.165, 1.54) is 30.3 Å². The lowest BCUT2D eigenvalue weighted by molar-refractivity contribution is -0.153. The van der Waals surface area contributed by atoms with E-state index in [0.717, 1.165) is 23.2 Å². The second-order valence-corrected chi connectivity index (χ2v) is 8.77. The second-order valence-electron chi connectivity index (χ2n) is 7.95. The normalized spacial score (nSPS) is 11.3. The topological polar surface area (TPSA) is 112 Å². The molecule has 0 aliphatic rings. The van der Waals surface area contributed by atoms with Crippen molar-refractivity contribution in [2.24, 2.45) is 0 Å². The molecule has 0 unspecified atom stereocenters. The van der Waals surface area contributed by atoms with E-state index in [0.29, 0.717) is 0 Å². The predicted molar refractivity (Wildman–Crippen MR) is 136 cm³/mol. The van der Waals surface area contributed by atoms with Crippen molar-refractivity contribution in [1.29, 1.82) is 0 Å². The van der Waals surface area contributed by atoms with E-state index < -0.39 is 41.7 Å². The first-order chi connectivity index (χ1) is 18.4. The maximum absolute atomic E-state index is 14.2. The molecule has 3 rings (SSSR count). The first kappa shape index (κ1) is 30.1. The Morgan fingerprint density at radius 2 is 1.72 bits per heavy atom. The molecular formula is C25H21Cl2F4N3O5. The molecule has 2 aromatic carbocycles. The van der Waals surface area contributed by atoms with Crippen LogP contribution in [0.1, 0.15) is 20.8 Å². The standard InChI is InChI=1S/C25H21Cl2F4N3O5/c26-16-2-1-3-18(28)22(16)23(37)33-19-5-4-14(10-21(19)39-13-25(29,30)31)15-11-20(32-12-17(15)27)24(38)34(6-8-35)7-9-36/h1-5,10-12,35-36H,6-9,13H2,(H,33,37). The van der Waals surface area contributed by atoms with E-state index in [9.17, 15) is 37.4 Å². The van der Waals surface area contributed by atoms with Gasteiger partial charge in [0.1, 0.15) is 17.3 Å². The van der Waals surface area contributed by atoms with Gasteiger partial charge >= 0.3 is 6.18 Å². The fourth-order valence-electron chi connectivity index (χ4n) is 3.47. The van der Waals surface area contributed by atoms with E-state index in [1.54, 1.807) is 0 Å². The fraction of sp³-hybridized carbons (Fsp3) is 0.240. The minimum Gasteiger partial charge on any atom is -0.482 e. The third kappa shape index (κ3) is 7.79. The Morgan fingerprint density at radius 3 is 2.33 bits per heavy atom. The van der Waals surface area contributed by atoms with E-state index in [-0.39, 0.29) is 58.9 Å². The largest absolute Gasteiger partial charge is 0.482 e. The van der Waals surface area contributed by atoms with Crippen LogP contribution in [-0.2, 0) is 0 Å². The van der Waals surface area contributed by atoms with Crippen molar-refractivity contribution in [3.05, 3.63) is 75.8 Å². The maximum atomic E-state index is 14.2. The van der Waals surface area contributed by atoms with E-state index in [2.05, 4.69) is 10.3 Å². The highest BCUT2D eigenvalue weighted by molar-refractivity contribution is 6.34. The number of anilines is 1. The lowest BCUT2D eigenvalue weighted by atomic mass is 10.0. The summed E-state index contributed by atoms with van der Waals surface area (Å²) in [6.45, 7) is -2.58. The summed E-state index contributed by atoms with van der Waals surface area (Å²) in [5, 5.41) is 20.5. The summed E-state index contributed by atoms with van der Waals surface area (Å²) >= 11 is 12.2. The van der Waals surface area contributed by atoms with Crippen LogP contribution in [0.15, 0.2) is 48.7 Å². The number of carbonyl (C=O) groups is 2. The van der Waals surface area contributed by atoms with Crippen LogP contribution in [0.25, 0.3) is 11.1 Å². The summed E-state index contributed by atoms with van der Waals surface area (Å²) < 4.78 is 58.0. The van der Waals surface area contributed by atoms with Crippen molar-refractivity contribution in [2.75, 3.05) is 38.2 Å². The first-order valence-electron chi connectivity index (χ1n) is 11.2. The van der Waals surface area contributed by atoms with Crippen molar-refractivity contribution in [3.63, 3.8) is 0 Å². The van der Waals surface area contributed by atoms with Gasteiger partial charge in [-0.05, 0) is 35.9 Å². The molecule has 0 saturated heterocycles. The van der Waals surface area contributed by atoms with Gasteiger partial charge in [-0.1, -0.05) is 35.3 Å². The third-order valence-electron chi connectivity index (χ3n) is 5.22. The van der Waals surface area contributed by atoms with Gasteiger partial charge in [-0.2, -0.15) is 13.2 Å². The Hall–Kier alpha value is -3.45. The first-order valence-corrected chi connectivity index (χ1v) is 12.0. The van der Waals surface area contributed by atoms with Gasteiger partial charge in [0, 0.05) is 24.8 Å². The summed E-state index contributed by atoms with van der Waals surface area (Å²) in [4.78, 5) is 30.6. The quantitative estimate of drug-likeness (QED) is 0.292. The van der Waals surface area contributed by atoms with Crippen molar-refractivity contribution >= 4 is 40.7 Å².